The van der Waals surface area contributed by atoms with Crippen molar-refractivity contribution in [2.75, 3.05) is 42.7 Å². The number of aldehydes is 1. The highest BCUT2D eigenvalue weighted by Crippen LogP contribution is 2.41. The van der Waals surface area contributed by atoms with E-state index in [4.69, 9.17) is 28.4 Å². The highest BCUT2D eigenvalue weighted by atomic mass is 16.5. The first-order chi connectivity index (χ1) is 13.6. The van der Waals surface area contributed by atoms with Crippen LogP contribution in [-0.4, -0.2) is 48.9 Å². The van der Waals surface area contributed by atoms with Crippen molar-refractivity contribution in [3.05, 3.63) is 35.4 Å². The Morgan fingerprint density at radius 1 is 0.643 bits per heavy atom. The standard InChI is InChI=1S/C21H24O7/c1-23-16-8-13(9-17(24-2)20(16)27-5)7-15(12-22)14-10-18(25-3)21(28-6)19(11-14)26-4/h7-12H,1-6H3/b15-7-. The van der Waals surface area contributed by atoms with Gasteiger partial charge in [0.05, 0.1) is 42.7 Å². The van der Waals surface area contributed by atoms with E-state index in [2.05, 4.69) is 0 Å². The maximum Gasteiger partial charge on any atom is 0.203 e. The van der Waals surface area contributed by atoms with Gasteiger partial charge in [-0.25, -0.2) is 0 Å². The van der Waals surface area contributed by atoms with Gasteiger partial charge in [-0.2, -0.15) is 0 Å². The number of hydrogen-bond donors (Lipinski definition) is 0. The fraction of sp³-hybridized carbons (Fsp3) is 0.286. The van der Waals surface area contributed by atoms with Gasteiger partial charge in [-0.05, 0) is 41.5 Å². The van der Waals surface area contributed by atoms with Gasteiger partial charge in [0.15, 0.2) is 29.3 Å². The second-order valence-corrected chi connectivity index (χ2v) is 5.59. The number of allylic oxidation sites excluding steroid dienone is 1. The molecule has 0 amide bonds. The van der Waals surface area contributed by atoms with E-state index in [9.17, 15) is 4.79 Å². The summed E-state index contributed by atoms with van der Waals surface area (Å²) in [6.07, 6.45) is 2.46. The highest BCUT2D eigenvalue weighted by molar-refractivity contribution is 6.13. The molecule has 0 aromatic heterocycles. The summed E-state index contributed by atoms with van der Waals surface area (Å²) in [4.78, 5) is 11.8. The Morgan fingerprint density at radius 3 is 1.36 bits per heavy atom. The van der Waals surface area contributed by atoms with E-state index in [1.807, 2.05) is 0 Å². The molecule has 0 bridgehead atoms. The average molecular weight is 388 g/mol. The van der Waals surface area contributed by atoms with Crippen LogP contribution in [0.3, 0.4) is 0 Å². The van der Waals surface area contributed by atoms with Crippen molar-refractivity contribution in [1.82, 2.24) is 0 Å². The average Bonchev–Trinajstić information content (AvgIpc) is 2.75. The minimum absolute atomic E-state index is 0.411. The summed E-state index contributed by atoms with van der Waals surface area (Å²) >= 11 is 0. The zero-order valence-electron chi connectivity index (χ0n) is 16.8. The van der Waals surface area contributed by atoms with E-state index in [0.717, 1.165) is 6.29 Å². The maximum absolute atomic E-state index is 11.8. The Labute approximate surface area is 164 Å². The Balaban J connectivity index is 2.63. The lowest BCUT2D eigenvalue weighted by Gasteiger charge is -2.15. The van der Waals surface area contributed by atoms with Gasteiger partial charge in [0, 0.05) is 5.57 Å². The molecule has 0 spiro atoms. The number of methoxy groups -OCH3 is 6. The number of carbonyl (C=O) groups is 1. The molecule has 7 heteroatoms. The summed E-state index contributed by atoms with van der Waals surface area (Å²) in [7, 11) is 9.15. The normalized spacial score (nSPS) is 10.9. The zero-order valence-corrected chi connectivity index (χ0v) is 16.8. The highest BCUT2D eigenvalue weighted by Gasteiger charge is 2.16. The molecule has 150 valence electrons. The van der Waals surface area contributed by atoms with E-state index in [1.165, 1.54) is 42.7 Å². The molecule has 2 aromatic rings. The lowest BCUT2D eigenvalue weighted by molar-refractivity contribution is -0.103. The molecule has 0 heterocycles. The summed E-state index contributed by atoms with van der Waals surface area (Å²) in [6, 6.07) is 6.92. The first-order valence-electron chi connectivity index (χ1n) is 8.34. The Hall–Kier alpha value is -3.35. The smallest absolute Gasteiger partial charge is 0.203 e. The molecule has 0 fully saturated rings. The maximum atomic E-state index is 11.8. The molecule has 0 N–H and O–H groups in total. The van der Waals surface area contributed by atoms with Gasteiger partial charge in [0.1, 0.15) is 0 Å². The number of rotatable bonds is 9. The SMILES string of the molecule is COc1cc(/C=C(/C=O)c2cc(OC)c(OC)c(OC)c2)cc(OC)c1OC. The van der Waals surface area contributed by atoms with Gasteiger partial charge in [-0.3, -0.25) is 4.79 Å². The minimum Gasteiger partial charge on any atom is -0.493 e. The molecule has 0 saturated heterocycles. The van der Waals surface area contributed by atoms with E-state index in [-0.39, 0.29) is 0 Å². The molecular formula is C21H24O7. The van der Waals surface area contributed by atoms with Gasteiger partial charge in [0.2, 0.25) is 11.5 Å². The van der Waals surface area contributed by atoms with E-state index >= 15 is 0 Å². The van der Waals surface area contributed by atoms with Crippen molar-refractivity contribution in [2.45, 2.75) is 0 Å². The van der Waals surface area contributed by atoms with Crippen LogP contribution in [-0.2, 0) is 4.79 Å². The zero-order chi connectivity index (χ0) is 20.7. The van der Waals surface area contributed by atoms with Crippen LogP contribution in [0, 0.1) is 0 Å². The molecule has 0 atom stereocenters. The van der Waals surface area contributed by atoms with Crippen molar-refractivity contribution >= 4 is 17.9 Å². The quantitative estimate of drug-likeness (QED) is 0.370. The largest absolute Gasteiger partial charge is 0.493 e. The Bertz CT molecular complexity index is 821. The number of carbonyl (C=O) groups excluding carboxylic acids is 1. The van der Waals surface area contributed by atoms with E-state index in [1.54, 1.807) is 30.3 Å². The third kappa shape index (κ3) is 4.14. The fourth-order valence-electron chi connectivity index (χ4n) is 2.80. The van der Waals surface area contributed by atoms with Crippen molar-refractivity contribution in [3.8, 4) is 34.5 Å². The molecule has 0 aliphatic heterocycles. The van der Waals surface area contributed by atoms with Gasteiger partial charge in [-0.15, -0.1) is 0 Å². The molecule has 0 aliphatic rings. The van der Waals surface area contributed by atoms with Crippen LogP contribution < -0.4 is 28.4 Å². The van der Waals surface area contributed by atoms with Crippen molar-refractivity contribution in [3.63, 3.8) is 0 Å². The molecule has 2 rings (SSSR count). The summed E-state index contributed by atoms with van der Waals surface area (Å²) in [5.41, 5.74) is 1.72. The number of ether oxygens (including phenoxy) is 6. The molecule has 0 radical (unpaired) electrons. The van der Waals surface area contributed by atoms with Crippen molar-refractivity contribution in [1.29, 1.82) is 0 Å². The van der Waals surface area contributed by atoms with E-state index in [0.29, 0.717) is 51.2 Å². The molecular weight excluding hydrogens is 364 g/mol. The summed E-state index contributed by atoms with van der Waals surface area (Å²) in [5.74, 6) is 2.81. The summed E-state index contributed by atoms with van der Waals surface area (Å²) in [5, 5.41) is 0. The predicted octanol–water partition coefficient (Wildman–Crippen LogP) is 3.48. The lowest BCUT2D eigenvalue weighted by atomic mass is 10.0. The summed E-state index contributed by atoms with van der Waals surface area (Å²) in [6.45, 7) is 0. The Kier molecular flexibility index (Phi) is 7.14. The van der Waals surface area contributed by atoms with Crippen LogP contribution in [0.5, 0.6) is 34.5 Å². The first kappa shape index (κ1) is 21.0. The molecule has 2 aromatic carbocycles. The van der Waals surface area contributed by atoms with Gasteiger partial charge < -0.3 is 28.4 Å². The number of benzene rings is 2. The van der Waals surface area contributed by atoms with Gasteiger partial charge >= 0.3 is 0 Å². The fourth-order valence-corrected chi connectivity index (χ4v) is 2.80. The number of hydrogen-bond acceptors (Lipinski definition) is 7. The minimum atomic E-state index is 0.411. The Morgan fingerprint density at radius 2 is 1.04 bits per heavy atom. The van der Waals surface area contributed by atoms with Gasteiger partial charge in [0.25, 0.3) is 0 Å². The van der Waals surface area contributed by atoms with Gasteiger partial charge in [-0.1, -0.05) is 0 Å². The molecule has 28 heavy (non-hydrogen) atoms. The van der Waals surface area contributed by atoms with Crippen LogP contribution in [0.15, 0.2) is 24.3 Å². The van der Waals surface area contributed by atoms with Crippen molar-refractivity contribution in [2.24, 2.45) is 0 Å². The predicted molar refractivity (Wildman–Crippen MR) is 106 cm³/mol. The monoisotopic (exact) mass is 388 g/mol. The van der Waals surface area contributed by atoms with Crippen LogP contribution in [0.25, 0.3) is 11.6 Å². The van der Waals surface area contributed by atoms with E-state index < -0.39 is 0 Å². The second kappa shape index (κ2) is 9.55. The molecule has 0 aliphatic carbocycles. The van der Waals surface area contributed by atoms with Crippen LogP contribution in [0.2, 0.25) is 0 Å². The molecule has 7 nitrogen and oxygen atoms in total. The second-order valence-electron chi connectivity index (χ2n) is 5.59. The summed E-state index contributed by atoms with van der Waals surface area (Å²) < 4.78 is 32.1. The van der Waals surface area contributed by atoms with Crippen LogP contribution in [0.1, 0.15) is 11.1 Å². The first-order valence-corrected chi connectivity index (χ1v) is 8.34. The van der Waals surface area contributed by atoms with Crippen molar-refractivity contribution < 1.29 is 33.2 Å². The topological polar surface area (TPSA) is 72.5 Å². The van der Waals surface area contributed by atoms with Crippen LogP contribution >= 0.6 is 0 Å². The third-order valence-electron chi connectivity index (χ3n) is 4.13. The molecule has 0 saturated carbocycles. The third-order valence-corrected chi connectivity index (χ3v) is 4.13. The lowest BCUT2D eigenvalue weighted by Crippen LogP contribution is -1.98. The van der Waals surface area contributed by atoms with Crippen LogP contribution in [0.4, 0.5) is 0 Å². The molecule has 0 unspecified atom stereocenters.